The number of nitriles is 1. The number of rotatable bonds is 5. The average molecular weight is 310 g/mol. The molecule has 0 saturated carbocycles. The van der Waals surface area contributed by atoms with Crippen molar-refractivity contribution in [3.63, 3.8) is 0 Å². The molecule has 1 N–H and O–H groups in total. The third-order valence-electron chi connectivity index (χ3n) is 3.53. The second kappa shape index (κ2) is 7.32. The van der Waals surface area contributed by atoms with E-state index in [0.29, 0.717) is 22.6 Å². The number of carbonyl (C=O) groups is 1. The maximum absolute atomic E-state index is 12.3. The molecule has 2 aromatic rings. The number of methoxy groups -OCH3 is 2. The van der Waals surface area contributed by atoms with Crippen LogP contribution in [0.1, 0.15) is 34.5 Å². The maximum Gasteiger partial charge on any atom is 0.251 e. The van der Waals surface area contributed by atoms with Crippen LogP contribution in [0.15, 0.2) is 42.5 Å². The summed E-state index contributed by atoms with van der Waals surface area (Å²) in [6.07, 6.45) is 0. The molecule has 0 aliphatic heterocycles. The van der Waals surface area contributed by atoms with Gasteiger partial charge in [0.25, 0.3) is 5.91 Å². The lowest BCUT2D eigenvalue weighted by molar-refractivity contribution is 0.0939. The van der Waals surface area contributed by atoms with E-state index in [-0.39, 0.29) is 11.9 Å². The first-order valence-corrected chi connectivity index (χ1v) is 7.12. The van der Waals surface area contributed by atoms with Gasteiger partial charge in [0.1, 0.15) is 11.5 Å². The Morgan fingerprint density at radius 3 is 2.39 bits per heavy atom. The molecule has 2 rings (SSSR count). The lowest BCUT2D eigenvalue weighted by Gasteiger charge is -2.18. The Morgan fingerprint density at radius 1 is 1.13 bits per heavy atom. The van der Waals surface area contributed by atoms with Crippen LogP contribution in [0.25, 0.3) is 0 Å². The molecule has 1 atom stereocenters. The highest BCUT2D eigenvalue weighted by atomic mass is 16.5. The van der Waals surface area contributed by atoms with Crippen molar-refractivity contribution in [3.8, 4) is 17.6 Å². The second-order valence-corrected chi connectivity index (χ2v) is 4.99. The standard InChI is InChI=1S/C18H18N2O3/c1-12(16-10-15(22-2)8-9-17(16)23-3)20-18(21)14-6-4-13(11-19)5-7-14/h4-10,12H,1-3H3,(H,20,21)/t12-/m1/s1. The quantitative estimate of drug-likeness (QED) is 0.921. The van der Waals surface area contributed by atoms with Crippen molar-refractivity contribution < 1.29 is 14.3 Å². The van der Waals surface area contributed by atoms with E-state index in [4.69, 9.17) is 14.7 Å². The number of hydrogen-bond donors (Lipinski definition) is 1. The molecule has 5 heteroatoms. The number of amides is 1. The minimum Gasteiger partial charge on any atom is -0.497 e. The van der Waals surface area contributed by atoms with E-state index < -0.39 is 0 Å². The van der Waals surface area contributed by atoms with Crippen molar-refractivity contribution in [2.75, 3.05) is 14.2 Å². The molecular weight excluding hydrogens is 292 g/mol. The van der Waals surface area contributed by atoms with Gasteiger partial charge in [-0.15, -0.1) is 0 Å². The summed E-state index contributed by atoms with van der Waals surface area (Å²) in [4.78, 5) is 12.3. The molecule has 0 aliphatic rings. The largest absolute Gasteiger partial charge is 0.497 e. The number of benzene rings is 2. The summed E-state index contributed by atoms with van der Waals surface area (Å²) >= 11 is 0. The fraction of sp³-hybridized carbons (Fsp3) is 0.222. The van der Waals surface area contributed by atoms with Crippen LogP contribution in [0.3, 0.4) is 0 Å². The lowest BCUT2D eigenvalue weighted by atomic mass is 10.1. The molecule has 118 valence electrons. The van der Waals surface area contributed by atoms with Crippen LogP contribution < -0.4 is 14.8 Å². The smallest absolute Gasteiger partial charge is 0.251 e. The molecule has 0 aliphatic carbocycles. The summed E-state index contributed by atoms with van der Waals surface area (Å²) < 4.78 is 10.6. The molecule has 0 unspecified atom stereocenters. The molecule has 5 nitrogen and oxygen atoms in total. The molecule has 0 bridgehead atoms. The van der Waals surface area contributed by atoms with Gasteiger partial charge in [0, 0.05) is 11.1 Å². The Bertz CT molecular complexity index is 733. The highest BCUT2D eigenvalue weighted by molar-refractivity contribution is 5.94. The summed E-state index contributed by atoms with van der Waals surface area (Å²) in [5.41, 5.74) is 1.84. The summed E-state index contributed by atoms with van der Waals surface area (Å²) in [5, 5.41) is 11.7. The summed E-state index contributed by atoms with van der Waals surface area (Å²) in [7, 11) is 3.17. The average Bonchev–Trinajstić information content (AvgIpc) is 2.61. The topological polar surface area (TPSA) is 71.3 Å². The van der Waals surface area contributed by atoms with Crippen LogP contribution in [-0.2, 0) is 0 Å². The Kier molecular flexibility index (Phi) is 5.21. The number of ether oxygens (including phenoxy) is 2. The number of nitrogens with one attached hydrogen (secondary N) is 1. The molecular formula is C18H18N2O3. The van der Waals surface area contributed by atoms with Crippen LogP contribution in [-0.4, -0.2) is 20.1 Å². The third-order valence-corrected chi connectivity index (χ3v) is 3.53. The molecule has 0 spiro atoms. The predicted molar refractivity (Wildman–Crippen MR) is 86.6 cm³/mol. The molecule has 0 radical (unpaired) electrons. The number of hydrogen-bond acceptors (Lipinski definition) is 4. The monoisotopic (exact) mass is 310 g/mol. The van der Waals surface area contributed by atoms with Crippen LogP contribution >= 0.6 is 0 Å². The van der Waals surface area contributed by atoms with E-state index >= 15 is 0 Å². The summed E-state index contributed by atoms with van der Waals surface area (Å²) in [6, 6.07) is 13.7. The fourth-order valence-electron chi connectivity index (χ4n) is 2.23. The minimum absolute atomic E-state index is 0.216. The zero-order valence-corrected chi connectivity index (χ0v) is 13.3. The molecule has 0 aromatic heterocycles. The van der Waals surface area contributed by atoms with Crippen LogP contribution in [0.5, 0.6) is 11.5 Å². The van der Waals surface area contributed by atoms with Gasteiger partial charge in [-0.2, -0.15) is 5.26 Å². The SMILES string of the molecule is COc1ccc(OC)c([C@@H](C)NC(=O)c2ccc(C#N)cc2)c1. The van der Waals surface area contributed by atoms with E-state index in [0.717, 1.165) is 5.56 Å². The van der Waals surface area contributed by atoms with Gasteiger partial charge in [0.15, 0.2) is 0 Å². The van der Waals surface area contributed by atoms with Crippen molar-refractivity contribution in [1.82, 2.24) is 5.32 Å². The summed E-state index contributed by atoms with van der Waals surface area (Å²) in [5.74, 6) is 1.16. The van der Waals surface area contributed by atoms with Crippen molar-refractivity contribution in [2.24, 2.45) is 0 Å². The first-order valence-electron chi connectivity index (χ1n) is 7.12. The highest BCUT2D eigenvalue weighted by Crippen LogP contribution is 2.29. The predicted octanol–water partition coefficient (Wildman–Crippen LogP) is 3.07. The van der Waals surface area contributed by atoms with Gasteiger partial charge in [-0.05, 0) is 49.4 Å². The zero-order valence-electron chi connectivity index (χ0n) is 13.3. The highest BCUT2D eigenvalue weighted by Gasteiger charge is 2.16. The van der Waals surface area contributed by atoms with E-state index in [9.17, 15) is 4.79 Å². The van der Waals surface area contributed by atoms with E-state index in [1.165, 1.54) is 0 Å². The van der Waals surface area contributed by atoms with Crippen LogP contribution in [0.2, 0.25) is 0 Å². The maximum atomic E-state index is 12.3. The van der Waals surface area contributed by atoms with Crippen LogP contribution in [0, 0.1) is 11.3 Å². The fourth-order valence-corrected chi connectivity index (χ4v) is 2.23. The van der Waals surface area contributed by atoms with Gasteiger partial charge < -0.3 is 14.8 Å². The Morgan fingerprint density at radius 2 is 1.83 bits per heavy atom. The van der Waals surface area contributed by atoms with E-state index in [2.05, 4.69) is 5.32 Å². The van der Waals surface area contributed by atoms with Gasteiger partial charge in [0.05, 0.1) is 31.9 Å². The van der Waals surface area contributed by atoms with Crippen molar-refractivity contribution in [1.29, 1.82) is 5.26 Å². The van der Waals surface area contributed by atoms with Crippen molar-refractivity contribution in [2.45, 2.75) is 13.0 Å². The first-order chi connectivity index (χ1) is 11.1. The normalized spacial score (nSPS) is 11.2. The first kappa shape index (κ1) is 16.4. The molecule has 2 aromatic carbocycles. The van der Waals surface area contributed by atoms with Gasteiger partial charge in [-0.1, -0.05) is 0 Å². The van der Waals surface area contributed by atoms with E-state index in [1.807, 2.05) is 19.1 Å². The second-order valence-electron chi connectivity index (χ2n) is 4.99. The van der Waals surface area contributed by atoms with Crippen LogP contribution in [0.4, 0.5) is 0 Å². The Labute approximate surface area is 135 Å². The zero-order chi connectivity index (χ0) is 16.8. The number of carbonyl (C=O) groups excluding carboxylic acids is 1. The minimum atomic E-state index is -0.261. The molecule has 1 amide bonds. The van der Waals surface area contributed by atoms with Gasteiger partial charge >= 0.3 is 0 Å². The molecule has 0 fully saturated rings. The van der Waals surface area contributed by atoms with Crippen molar-refractivity contribution in [3.05, 3.63) is 59.2 Å². The van der Waals surface area contributed by atoms with Crippen molar-refractivity contribution >= 4 is 5.91 Å². The Balaban J connectivity index is 2.19. The van der Waals surface area contributed by atoms with Gasteiger partial charge in [-0.3, -0.25) is 4.79 Å². The Hall–Kier alpha value is -3.00. The van der Waals surface area contributed by atoms with E-state index in [1.54, 1.807) is 50.6 Å². The van der Waals surface area contributed by atoms with Gasteiger partial charge in [-0.25, -0.2) is 0 Å². The number of nitrogens with zero attached hydrogens (tertiary/aromatic N) is 1. The molecule has 0 heterocycles. The summed E-state index contributed by atoms with van der Waals surface area (Å²) in [6.45, 7) is 1.87. The van der Waals surface area contributed by atoms with Gasteiger partial charge in [0.2, 0.25) is 0 Å². The lowest BCUT2D eigenvalue weighted by Crippen LogP contribution is -2.26. The molecule has 23 heavy (non-hydrogen) atoms. The third kappa shape index (κ3) is 3.80. The molecule has 0 saturated heterocycles.